The highest BCUT2D eigenvalue weighted by Crippen LogP contribution is 2.20. The van der Waals surface area contributed by atoms with E-state index < -0.39 is 24.5 Å². The smallest absolute Gasteiger partial charge is 0.355 e. The highest BCUT2D eigenvalue weighted by molar-refractivity contribution is 5.99. The summed E-state index contributed by atoms with van der Waals surface area (Å²) in [5.41, 5.74) is 1.34. The van der Waals surface area contributed by atoms with Crippen LogP contribution in [0.1, 0.15) is 64.7 Å². The molecular formula is C19H24N2O6. The minimum Gasteiger partial charge on any atom is -0.467 e. The van der Waals surface area contributed by atoms with Crippen molar-refractivity contribution in [2.24, 2.45) is 0 Å². The van der Waals surface area contributed by atoms with Crippen LogP contribution in [0.25, 0.3) is 0 Å². The molecule has 2 aromatic rings. The van der Waals surface area contributed by atoms with E-state index in [1.807, 2.05) is 0 Å². The van der Waals surface area contributed by atoms with Crippen LogP contribution in [0.2, 0.25) is 0 Å². The van der Waals surface area contributed by atoms with E-state index in [0.29, 0.717) is 22.6 Å². The normalized spacial score (nSPS) is 11.9. The third kappa shape index (κ3) is 4.99. The molecule has 2 rings (SSSR count). The Morgan fingerprint density at radius 1 is 1.19 bits per heavy atom. The van der Waals surface area contributed by atoms with Gasteiger partial charge >= 0.3 is 11.9 Å². The molecule has 0 aliphatic heterocycles. The number of hydrogen-bond donors (Lipinski definition) is 2. The van der Waals surface area contributed by atoms with Crippen LogP contribution in [0.5, 0.6) is 0 Å². The van der Waals surface area contributed by atoms with Gasteiger partial charge in [-0.3, -0.25) is 4.79 Å². The Morgan fingerprint density at radius 2 is 1.89 bits per heavy atom. The van der Waals surface area contributed by atoms with Crippen molar-refractivity contribution in [3.05, 3.63) is 46.7 Å². The van der Waals surface area contributed by atoms with Crippen LogP contribution in [-0.4, -0.2) is 35.5 Å². The summed E-state index contributed by atoms with van der Waals surface area (Å²) in [6.45, 7) is 8.07. The lowest BCUT2D eigenvalue weighted by Gasteiger charge is -2.11. The zero-order chi connectivity index (χ0) is 20.1. The summed E-state index contributed by atoms with van der Waals surface area (Å²) in [7, 11) is 0. The Balaban J connectivity index is 1.98. The second-order valence-corrected chi connectivity index (χ2v) is 6.46. The first kappa shape index (κ1) is 20.3. The van der Waals surface area contributed by atoms with Crippen molar-refractivity contribution < 1.29 is 28.3 Å². The van der Waals surface area contributed by atoms with Crippen molar-refractivity contribution in [2.45, 2.75) is 46.8 Å². The van der Waals surface area contributed by atoms with Crippen LogP contribution < -0.4 is 5.32 Å². The van der Waals surface area contributed by atoms with Gasteiger partial charge in [0.15, 0.2) is 6.61 Å². The van der Waals surface area contributed by atoms with Crippen molar-refractivity contribution >= 4 is 17.8 Å². The Morgan fingerprint density at radius 3 is 2.48 bits per heavy atom. The van der Waals surface area contributed by atoms with Gasteiger partial charge in [-0.25, -0.2) is 9.59 Å². The molecule has 1 amide bonds. The summed E-state index contributed by atoms with van der Waals surface area (Å²) in [6, 6.07) is 3.11. The van der Waals surface area contributed by atoms with Gasteiger partial charge in [0.1, 0.15) is 11.5 Å². The quantitative estimate of drug-likeness (QED) is 0.719. The third-order valence-corrected chi connectivity index (χ3v) is 3.87. The van der Waals surface area contributed by atoms with E-state index in [9.17, 15) is 14.4 Å². The van der Waals surface area contributed by atoms with Crippen molar-refractivity contribution in [2.75, 3.05) is 6.61 Å². The maximum absolute atomic E-state index is 12.3. The topological polar surface area (TPSA) is 111 Å². The van der Waals surface area contributed by atoms with Gasteiger partial charge in [-0.1, -0.05) is 0 Å². The molecule has 0 saturated heterocycles. The van der Waals surface area contributed by atoms with Gasteiger partial charge < -0.3 is 24.2 Å². The largest absolute Gasteiger partial charge is 0.467 e. The molecule has 0 unspecified atom stereocenters. The lowest BCUT2D eigenvalue weighted by molar-refractivity contribution is -0.125. The number of furan rings is 1. The molecule has 27 heavy (non-hydrogen) atoms. The minimum atomic E-state index is -0.722. The number of aromatic amines is 1. The molecule has 0 bridgehead atoms. The van der Waals surface area contributed by atoms with Gasteiger partial charge in [0.05, 0.1) is 24.0 Å². The number of hydrogen-bond acceptors (Lipinski definition) is 6. The predicted octanol–water partition coefficient (Wildman–Crippen LogP) is 2.82. The standard InChI is InChI=1S/C19H24N2O6/c1-10(2)27-18(23)16-11(3)17(21-13(16)5)19(24)26-9-15(22)20-12(4)14-7-6-8-25-14/h6-8,10,12,21H,9H2,1-5H3,(H,20,22)/t12-/m0/s1. The Kier molecular flexibility index (Phi) is 6.44. The fourth-order valence-corrected chi connectivity index (χ4v) is 2.63. The molecule has 0 aromatic carbocycles. The van der Waals surface area contributed by atoms with Gasteiger partial charge in [0.2, 0.25) is 0 Å². The first-order valence-corrected chi connectivity index (χ1v) is 8.60. The average molecular weight is 376 g/mol. The third-order valence-electron chi connectivity index (χ3n) is 3.87. The van der Waals surface area contributed by atoms with Gasteiger partial charge in [-0.2, -0.15) is 0 Å². The average Bonchev–Trinajstić information content (AvgIpc) is 3.20. The fourth-order valence-electron chi connectivity index (χ4n) is 2.63. The van der Waals surface area contributed by atoms with Crippen molar-refractivity contribution in [3.63, 3.8) is 0 Å². The number of aromatic nitrogens is 1. The monoisotopic (exact) mass is 376 g/mol. The lowest BCUT2D eigenvalue weighted by Crippen LogP contribution is -2.31. The summed E-state index contributed by atoms with van der Waals surface area (Å²) >= 11 is 0. The molecule has 8 heteroatoms. The molecule has 0 aliphatic carbocycles. The van der Waals surface area contributed by atoms with Gasteiger partial charge in [0.25, 0.3) is 5.91 Å². The summed E-state index contributed by atoms with van der Waals surface area (Å²) in [5.74, 6) is -1.10. The first-order chi connectivity index (χ1) is 12.7. The summed E-state index contributed by atoms with van der Waals surface area (Å²) < 4.78 is 15.4. The number of aryl methyl sites for hydroxylation is 1. The molecule has 0 spiro atoms. The van der Waals surface area contributed by atoms with Crippen molar-refractivity contribution in [1.82, 2.24) is 10.3 Å². The maximum atomic E-state index is 12.3. The van der Waals surface area contributed by atoms with Crippen molar-refractivity contribution in [3.8, 4) is 0 Å². The number of H-pyrrole nitrogens is 1. The molecule has 1 atom stereocenters. The highest BCUT2D eigenvalue weighted by atomic mass is 16.5. The molecule has 2 aromatic heterocycles. The van der Waals surface area contributed by atoms with E-state index in [1.54, 1.807) is 46.8 Å². The van der Waals surface area contributed by atoms with Gasteiger partial charge in [0, 0.05) is 5.69 Å². The number of carbonyl (C=O) groups excluding carboxylic acids is 3. The second kappa shape index (κ2) is 8.57. The second-order valence-electron chi connectivity index (χ2n) is 6.46. The Bertz CT molecular complexity index is 820. The SMILES string of the molecule is Cc1[nH]c(C(=O)OCC(=O)N[C@@H](C)c2ccco2)c(C)c1C(=O)OC(C)C. The zero-order valence-corrected chi connectivity index (χ0v) is 16.0. The van der Waals surface area contributed by atoms with E-state index in [0.717, 1.165) is 0 Å². The predicted molar refractivity (Wildman–Crippen MR) is 96.4 cm³/mol. The maximum Gasteiger partial charge on any atom is 0.355 e. The van der Waals surface area contributed by atoms with E-state index in [-0.39, 0.29) is 17.8 Å². The van der Waals surface area contributed by atoms with Crippen LogP contribution in [-0.2, 0) is 14.3 Å². The molecule has 0 saturated carbocycles. The molecule has 2 N–H and O–H groups in total. The van der Waals surface area contributed by atoms with Gasteiger partial charge in [-0.05, 0) is 52.3 Å². The zero-order valence-electron chi connectivity index (χ0n) is 16.0. The molecule has 8 nitrogen and oxygen atoms in total. The number of ether oxygens (including phenoxy) is 2. The van der Waals surface area contributed by atoms with E-state index in [4.69, 9.17) is 13.9 Å². The first-order valence-electron chi connectivity index (χ1n) is 8.60. The number of amides is 1. The summed E-state index contributed by atoms with van der Waals surface area (Å²) in [5, 5.41) is 2.67. The van der Waals surface area contributed by atoms with Crippen LogP contribution >= 0.6 is 0 Å². The van der Waals surface area contributed by atoms with Crippen LogP contribution in [0.4, 0.5) is 0 Å². The molecule has 0 fully saturated rings. The van der Waals surface area contributed by atoms with Crippen molar-refractivity contribution in [1.29, 1.82) is 0 Å². The van der Waals surface area contributed by atoms with E-state index in [1.165, 1.54) is 6.26 Å². The molecule has 146 valence electrons. The number of carbonyl (C=O) groups is 3. The molecule has 0 radical (unpaired) electrons. The van der Waals surface area contributed by atoms with E-state index in [2.05, 4.69) is 10.3 Å². The van der Waals surface area contributed by atoms with E-state index >= 15 is 0 Å². The molecule has 0 aliphatic rings. The number of esters is 2. The van der Waals surface area contributed by atoms with Crippen LogP contribution in [0.3, 0.4) is 0 Å². The number of rotatable bonds is 7. The highest BCUT2D eigenvalue weighted by Gasteiger charge is 2.25. The Labute approximate surface area is 157 Å². The Hall–Kier alpha value is -3.03. The van der Waals surface area contributed by atoms with Crippen LogP contribution in [0, 0.1) is 13.8 Å². The van der Waals surface area contributed by atoms with Crippen LogP contribution in [0.15, 0.2) is 22.8 Å². The minimum absolute atomic E-state index is 0.120. The number of nitrogens with one attached hydrogen (secondary N) is 2. The summed E-state index contributed by atoms with van der Waals surface area (Å²) in [4.78, 5) is 39.2. The lowest BCUT2D eigenvalue weighted by atomic mass is 10.1. The molecular weight excluding hydrogens is 352 g/mol. The van der Waals surface area contributed by atoms with Gasteiger partial charge in [-0.15, -0.1) is 0 Å². The summed E-state index contributed by atoms with van der Waals surface area (Å²) in [6.07, 6.45) is 1.23. The fraction of sp³-hybridized carbons (Fsp3) is 0.421. The molecule has 2 heterocycles.